The SMILES string of the molecule is Cc1ccc(/C=C(\C#N)C(=O)c2c(Cl)cccc2Cl)s1. The van der Waals surface area contributed by atoms with Gasteiger partial charge in [0.15, 0.2) is 0 Å². The molecule has 0 aliphatic heterocycles. The van der Waals surface area contributed by atoms with Crippen molar-refractivity contribution < 1.29 is 4.79 Å². The smallest absolute Gasteiger partial charge is 0.206 e. The van der Waals surface area contributed by atoms with E-state index in [0.29, 0.717) is 0 Å². The lowest BCUT2D eigenvalue weighted by molar-refractivity contribution is 0.104. The van der Waals surface area contributed by atoms with Gasteiger partial charge in [0.25, 0.3) is 0 Å². The predicted molar refractivity (Wildman–Crippen MR) is 83.4 cm³/mol. The lowest BCUT2D eigenvalue weighted by Gasteiger charge is -2.04. The molecule has 0 amide bonds. The molecule has 0 aliphatic carbocycles. The van der Waals surface area contributed by atoms with Crippen molar-refractivity contribution in [1.29, 1.82) is 5.26 Å². The maximum atomic E-state index is 12.4. The molecule has 0 atom stereocenters. The molecule has 2 aromatic rings. The molecule has 1 aromatic heterocycles. The first-order chi connectivity index (χ1) is 9.52. The van der Waals surface area contributed by atoms with Gasteiger partial charge in [0, 0.05) is 9.75 Å². The van der Waals surface area contributed by atoms with Crippen molar-refractivity contribution in [3.05, 3.63) is 61.3 Å². The third-order valence-corrected chi connectivity index (χ3v) is 4.18. The Hall–Kier alpha value is -1.60. The van der Waals surface area contributed by atoms with E-state index in [4.69, 9.17) is 23.2 Å². The van der Waals surface area contributed by atoms with E-state index in [0.717, 1.165) is 9.75 Å². The molecule has 0 N–H and O–H groups in total. The van der Waals surface area contributed by atoms with Crippen LogP contribution in [-0.2, 0) is 0 Å². The van der Waals surface area contributed by atoms with Crippen LogP contribution < -0.4 is 0 Å². The van der Waals surface area contributed by atoms with Gasteiger partial charge in [-0.1, -0.05) is 29.3 Å². The number of halogens is 2. The van der Waals surface area contributed by atoms with Crippen LogP contribution >= 0.6 is 34.5 Å². The Morgan fingerprint density at radius 2 is 1.90 bits per heavy atom. The monoisotopic (exact) mass is 321 g/mol. The Balaban J connectivity index is 2.45. The second-order valence-corrected chi connectivity index (χ2v) is 6.18. The number of Topliss-reactive ketones (excluding diaryl/α,β-unsaturated/α-hetero) is 1. The number of nitriles is 1. The summed E-state index contributed by atoms with van der Waals surface area (Å²) in [5, 5.41) is 9.67. The van der Waals surface area contributed by atoms with Crippen LogP contribution in [0, 0.1) is 18.3 Å². The van der Waals surface area contributed by atoms with Crippen molar-refractivity contribution in [2.24, 2.45) is 0 Å². The maximum absolute atomic E-state index is 12.4. The number of ketones is 1. The second-order valence-electron chi connectivity index (χ2n) is 4.04. The molecule has 0 saturated heterocycles. The fourth-order valence-corrected chi connectivity index (χ4v) is 3.06. The van der Waals surface area contributed by atoms with Crippen LogP contribution in [0.1, 0.15) is 20.1 Å². The highest BCUT2D eigenvalue weighted by atomic mass is 35.5. The summed E-state index contributed by atoms with van der Waals surface area (Å²) in [6, 6.07) is 10.5. The zero-order chi connectivity index (χ0) is 14.7. The van der Waals surface area contributed by atoms with Gasteiger partial charge in [-0.25, -0.2) is 0 Å². The largest absolute Gasteiger partial charge is 0.288 e. The van der Waals surface area contributed by atoms with Gasteiger partial charge in [-0.3, -0.25) is 4.79 Å². The summed E-state index contributed by atoms with van der Waals surface area (Å²) in [4.78, 5) is 14.3. The zero-order valence-electron chi connectivity index (χ0n) is 10.5. The Kier molecular flexibility index (Phi) is 4.61. The Bertz CT molecular complexity index is 720. The molecule has 0 aliphatic rings. The van der Waals surface area contributed by atoms with Gasteiger partial charge in [-0.2, -0.15) is 5.26 Å². The van der Waals surface area contributed by atoms with E-state index in [2.05, 4.69) is 0 Å². The topological polar surface area (TPSA) is 40.9 Å². The summed E-state index contributed by atoms with van der Waals surface area (Å²) in [5.41, 5.74) is 0.179. The molecule has 2 rings (SSSR count). The van der Waals surface area contributed by atoms with Crippen molar-refractivity contribution in [3.8, 4) is 6.07 Å². The number of nitrogens with zero attached hydrogens (tertiary/aromatic N) is 1. The zero-order valence-corrected chi connectivity index (χ0v) is 12.8. The number of aryl methyl sites for hydroxylation is 1. The molecule has 100 valence electrons. The van der Waals surface area contributed by atoms with Crippen LogP contribution in [0.2, 0.25) is 10.0 Å². The van der Waals surface area contributed by atoms with Gasteiger partial charge in [0.2, 0.25) is 5.78 Å². The summed E-state index contributed by atoms with van der Waals surface area (Å²) >= 11 is 13.5. The van der Waals surface area contributed by atoms with Crippen LogP contribution in [0.5, 0.6) is 0 Å². The van der Waals surface area contributed by atoms with E-state index in [1.54, 1.807) is 24.3 Å². The van der Waals surface area contributed by atoms with E-state index < -0.39 is 5.78 Å². The van der Waals surface area contributed by atoms with Crippen molar-refractivity contribution in [3.63, 3.8) is 0 Å². The van der Waals surface area contributed by atoms with Crippen LogP contribution in [0.3, 0.4) is 0 Å². The minimum Gasteiger partial charge on any atom is -0.288 e. The molecule has 1 heterocycles. The standard InChI is InChI=1S/C15H9Cl2NOS/c1-9-5-6-11(20-9)7-10(8-18)15(19)14-12(16)3-2-4-13(14)17/h2-7H,1H3/b10-7+. The lowest BCUT2D eigenvalue weighted by atomic mass is 10.0. The van der Waals surface area contributed by atoms with Crippen LogP contribution in [0.4, 0.5) is 0 Å². The van der Waals surface area contributed by atoms with Crippen molar-refractivity contribution >= 4 is 46.4 Å². The molecule has 20 heavy (non-hydrogen) atoms. The molecule has 2 nitrogen and oxygen atoms in total. The van der Waals surface area contributed by atoms with Crippen molar-refractivity contribution in [2.45, 2.75) is 6.92 Å². The normalized spacial score (nSPS) is 11.2. The average Bonchev–Trinajstić information content (AvgIpc) is 2.81. The highest BCUT2D eigenvalue weighted by Crippen LogP contribution is 2.28. The summed E-state index contributed by atoms with van der Waals surface area (Å²) in [5.74, 6) is -0.464. The second kappa shape index (κ2) is 6.23. The number of carbonyl (C=O) groups excluding carboxylic acids is 1. The van der Waals surface area contributed by atoms with Crippen molar-refractivity contribution in [1.82, 2.24) is 0 Å². The number of benzene rings is 1. The Labute approximate surface area is 130 Å². The highest BCUT2D eigenvalue weighted by Gasteiger charge is 2.18. The molecule has 0 radical (unpaired) electrons. The molecule has 0 spiro atoms. The van der Waals surface area contributed by atoms with Crippen molar-refractivity contribution in [2.75, 3.05) is 0 Å². The summed E-state index contributed by atoms with van der Waals surface area (Å²) in [7, 11) is 0. The molecule has 0 unspecified atom stereocenters. The Morgan fingerprint density at radius 3 is 2.40 bits per heavy atom. The Morgan fingerprint density at radius 1 is 1.25 bits per heavy atom. The van der Waals surface area contributed by atoms with E-state index >= 15 is 0 Å². The van der Waals surface area contributed by atoms with E-state index in [9.17, 15) is 10.1 Å². The molecule has 0 bridgehead atoms. The van der Waals surface area contributed by atoms with Gasteiger partial charge in [-0.05, 0) is 37.3 Å². The van der Waals surface area contributed by atoms with E-state index in [1.165, 1.54) is 11.3 Å². The van der Waals surface area contributed by atoms with Crippen LogP contribution in [0.25, 0.3) is 6.08 Å². The molecule has 0 saturated carbocycles. The number of carbonyl (C=O) groups is 1. The first-order valence-electron chi connectivity index (χ1n) is 5.70. The molecular formula is C15H9Cl2NOS. The van der Waals surface area contributed by atoms with E-state index in [1.807, 2.05) is 25.1 Å². The predicted octanol–water partition coefficient (Wildman–Crippen LogP) is 5.15. The molecular weight excluding hydrogens is 313 g/mol. The average molecular weight is 322 g/mol. The first kappa shape index (κ1) is 14.8. The summed E-state index contributed by atoms with van der Waals surface area (Å²) in [6.07, 6.45) is 1.56. The van der Waals surface area contributed by atoms with Gasteiger partial charge >= 0.3 is 0 Å². The number of allylic oxidation sites excluding steroid dienone is 1. The minimum absolute atomic E-state index is 0.0156. The van der Waals surface area contributed by atoms with E-state index in [-0.39, 0.29) is 21.2 Å². The molecule has 5 heteroatoms. The third-order valence-electron chi connectivity index (χ3n) is 2.60. The van der Waals surface area contributed by atoms with Gasteiger partial charge in [0.05, 0.1) is 15.6 Å². The van der Waals surface area contributed by atoms with Gasteiger partial charge in [-0.15, -0.1) is 11.3 Å². The first-order valence-corrected chi connectivity index (χ1v) is 7.27. The molecule has 1 aromatic carbocycles. The van der Waals surface area contributed by atoms with Gasteiger partial charge in [0.1, 0.15) is 11.6 Å². The number of hydrogen-bond acceptors (Lipinski definition) is 3. The maximum Gasteiger partial charge on any atom is 0.206 e. The number of rotatable bonds is 3. The van der Waals surface area contributed by atoms with Crippen LogP contribution in [-0.4, -0.2) is 5.78 Å². The lowest BCUT2D eigenvalue weighted by Crippen LogP contribution is -2.03. The van der Waals surface area contributed by atoms with Crippen LogP contribution in [0.15, 0.2) is 35.9 Å². The highest BCUT2D eigenvalue weighted by molar-refractivity contribution is 7.12. The number of thiophene rings is 1. The van der Waals surface area contributed by atoms with Gasteiger partial charge < -0.3 is 0 Å². The summed E-state index contributed by atoms with van der Waals surface area (Å²) < 4.78 is 0. The molecule has 0 fully saturated rings. The summed E-state index contributed by atoms with van der Waals surface area (Å²) in [6.45, 7) is 1.96. The minimum atomic E-state index is -0.464. The fourth-order valence-electron chi connectivity index (χ4n) is 1.67. The quantitative estimate of drug-likeness (QED) is 0.445. The number of hydrogen-bond donors (Lipinski definition) is 0. The fraction of sp³-hybridized carbons (Fsp3) is 0.0667. The third kappa shape index (κ3) is 3.10.